The van der Waals surface area contributed by atoms with E-state index in [-0.39, 0.29) is 0 Å². The van der Waals surface area contributed by atoms with Gasteiger partial charge in [0.25, 0.3) is 0 Å². The normalized spacial score (nSPS) is 19.2. The molecular weight excluding hydrogens is 295 g/mol. The molecule has 0 N–H and O–H groups in total. The monoisotopic (exact) mass is 310 g/mol. The van der Waals surface area contributed by atoms with E-state index in [4.69, 9.17) is 23.2 Å². The Balaban J connectivity index is 1.94. The van der Waals surface area contributed by atoms with Crippen molar-refractivity contribution < 1.29 is 0 Å². The lowest BCUT2D eigenvalue weighted by atomic mass is 10.2. The molecule has 0 bridgehead atoms. The van der Waals surface area contributed by atoms with Crippen LogP contribution in [0.4, 0.5) is 5.69 Å². The molecule has 0 aromatic carbocycles. The van der Waals surface area contributed by atoms with Crippen molar-refractivity contribution in [1.29, 1.82) is 0 Å². The van der Waals surface area contributed by atoms with Crippen molar-refractivity contribution in [2.24, 2.45) is 0 Å². The van der Waals surface area contributed by atoms with E-state index in [1.807, 2.05) is 12.3 Å². The number of hydrogen-bond donors (Lipinski definition) is 0. The fourth-order valence-corrected chi connectivity index (χ4v) is 3.09. The molecular formula is C14H16Cl2N4. The number of fused-ring (bicyclic) bond motifs is 1. The van der Waals surface area contributed by atoms with Crippen LogP contribution in [0.5, 0.6) is 0 Å². The summed E-state index contributed by atoms with van der Waals surface area (Å²) in [7, 11) is 4.24. The second-order valence-electron chi connectivity index (χ2n) is 5.34. The van der Waals surface area contributed by atoms with E-state index in [0.29, 0.717) is 21.9 Å². The smallest absolute Gasteiger partial charge is 0.162 e. The van der Waals surface area contributed by atoms with Crippen molar-refractivity contribution >= 4 is 39.9 Å². The Morgan fingerprint density at radius 1 is 1.30 bits per heavy atom. The Morgan fingerprint density at radius 2 is 2.10 bits per heavy atom. The molecule has 2 aromatic heterocycles. The Hall–Kier alpha value is -1.10. The lowest BCUT2D eigenvalue weighted by Gasteiger charge is -2.21. The largest absolute Gasteiger partial charge is 0.369 e. The number of aromatic nitrogens is 2. The van der Waals surface area contributed by atoms with E-state index in [1.165, 1.54) is 0 Å². The highest BCUT2D eigenvalue weighted by atomic mass is 35.5. The minimum Gasteiger partial charge on any atom is -0.369 e. The third-order valence-corrected chi connectivity index (χ3v) is 4.33. The van der Waals surface area contributed by atoms with Gasteiger partial charge in [-0.1, -0.05) is 23.2 Å². The Morgan fingerprint density at radius 3 is 2.80 bits per heavy atom. The molecule has 0 saturated carbocycles. The zero-order chi connectivity index (χ0) is 14.3. The average molecular weight is 311 g/mol. The number of hydrogen-bond acceptors (Lipinski definition) is 4. The molecule has 0 spiro atoms. The van der Waals surface area contributed by atoms with Crippen LogP contribution in [0.15, 0.2) is 18.3 Å². The lowest BCUT2D eigenvalue weighted by molar-refractivity contribution is 0.315. The predicted molar refractivity (Wildman–Crippen MR) is 83.9 cm³/mol. The van der Waals surface area contributed by atoms with Crippen molar-refractivity contribution in [3.05, 3.63) is 28.5 Å². The van der Waals surface area contributed by atoms with Gasteiger partial charge >= 0.3 is 0 Å². The predicted octanol–water partition coefficient (Wildman–Crippen LogP) is 3.08. The molecule has 1 fully saturated rings. The fraction of sp³-hybridized carbons (Fsp3) is 0.429. The van der Waals surface area contributed by atoms with E-state index < -0.39 is 0 Å². The molecule has 2 aromatic rings. The molecule has 1 aliphatic rings. The van der Waals surface area contributed by atoms with Crippen LogP contribution in [-0.4, -0.2) is 48.1 Å². The molecule has 0 radical (unpaired) electrons. The van der Waals surface area contributed by atoms with Gasteiger partial charge in [-0.25, -0.2) is 9.97 Å². The van der Waals surface area contributed by atoms with Crippen molar-refractivity contribution in [3.63, 3.8) is 0 Å². The Kier molecular flexibility index (Phi) is 3.71. The van der Waals surface area contributed by atoms with Crippen LogP contribution in [0.3, 0.4) is 0 Å². The zero-order valence-corrected chi connectivity index (χ0v) is 13.0. The molecule has 0 aliphatic carbocycles. The molecule has 4 nitrogen and oxygen atoms in total. The highest BCUT2D eigenvalue weighted by molar-refractivity contribution is 6.37. The summed E-state index contributed by atoms with van der Waals surface area (Å²) in [5.74, 6) is 0. The summed E-state index contributed by atoms with van der Waals surface area (Å²) in [6.45, 7) is 2.05. The molecule has 1 atom stereocenters. The van der Waals surface area contributed by atoms with Crippen LogP contribution < -0.4 is 4.90 Å². The van der Waals surface area contributed by atoms with Crippen LogP contribution in [0, 0.1) is 0 Å². The lowest BCUT2D eigenvalue weighted by Crippen LogP contribution is -2.31. The van der Waals surface area contributed by atoms with Gasteiger partial charge in [-0.15, -0.1) is 0 Å². The third kappa shape index (κ3) is 2.55. The zero-order valence-electron chi connectivity index (χ0n) is 11.5. The first kappa shape index (κ1) is 13.9. The van der Waals surface area contributed by atoms with Gasteiger partial charge in [-0.05, 0) is 32.6 Å². The van der Waals surface area contributed by atoms with E-state index in [9.17, 15) is 0 Å². The van der Waals surface area contributed by atoms with Gasteiger partial charge in [0, 0.05) is 24.5 Å². The highest BCUT2D eigenvalue weighted by Crippen LogP contribution is 2.29. The Labute approximate surface area is 128 Å². The van der Waals surface area contributed by atoms with E-state index in [0.717, 1.165) is 30.6 Å². The first-order valence-corrected chi connectivity index (χ1v) is 7.33. The van der Waals surface area contributed by atoms with Crippen LogP contribution in [0.2, 0.25) is 10.2 Å². The summed E-state index contributed by atoms with van der Waals surface area (Å²) >= 11 is 12.1. The van der Waals surface area contributed by atoms with Gasteiger partial charge in [0.05, 0.1) is 16.9 Å². The van der Waals surface area contributed by atoms with Crippen LogP contribution >= 0.6 is 23.2 Å². The van der Waals surface area contributed by atoms with Crippen LogP contribution in [-0.2, 0) is 0 Å². The molecule has 3 heterocycles. The average Bonchev–Trinajstić information content (AvgIpc) is 2.88. The van der Waals surface area contributed by atoms with E-state index in [2.05, 4.69) is 33.9 Å². The highest BCUT2D eigenvalue weighted by Gasteiger charge is 2.24. The van der Waals surface area contributed by atoms with Crippen molar-refractivity contribution in [1.82, 2.24) is 14.9 Å². The standard InChI is InChI=1S/C14H16Cl2N4/c1-19(2)9-3-4-20(8-9)10-5-11-12(15)6-13(16)18-14(11)17-7-10/h5-7,9H,3-4,8H2,1-2H3. The van der Waals surface area contributed by atoms with Crippen molar-refractivity contribution in [3.8, 4) is 0 Å². The maximum absolute atomic E-state index is 6.23. The second-order valence-corrected chi connectivity index (χ2v) is 6.14. The molecule has 0 amide bonds. The number of halogens is 2. The number of pyridine rings is 2. The first-order valence-electron chi connectivity index (χ1n) is 6.58. The quantitative estimate of drug-likeness (QED) is 0.798. The van der Waals surface area contributed by atoms with Gasteiger partial charge in [-0.2, -0.15) is 0 Å². The van der Waals surface area contributed by atoms with Gasteiger partial charge in [-0.3, -0.25) is 0 Å². The molecule has 1 saturated heterocycles. The number of likely N-dealkylation sites (N-methyl/N-ethyl adjacent to an activating group) is 1. The Bertz CT molecular complexity index is 644. The molecule has 3 rings (SSSR count). The second kappa shape index (κ2) is 5.35. The molecule has 1 unspecified atom stereocenters. The first-order chi connectivity index (χ1) is 9.54. The van der Waals surface area contributed by atoms with Gasteiger partial charge in [0.15, 0.2) is 5.65 Å². The summed E-state index contributed by atoms with van der Waals surface area (Å²) in [5.41, 5.74) is 1.68. The third-order valence-electron chi connectivity index (χ3n) is 3.83. The van der Waals surface area contributed by atoms with Gasteiger partial charge in [0.2, 0.25) is 0 Å². The number of anilines is 1. The SMILES string of the molecule is CN(C)C1CCN(c2cnc3nc(Cl)cc(Cl)c3c2)C1. The molecule has 106 valence electrons. The fourth-order valence-electron chi connectivity index (χ4n) is 2.60. The minimum absolute atomic E-state index is 0.372. The van der Waals surface area contributed by atoms with E-state index in [1.54, 1.807) is 6.07 Å². The summed E-state index contributed by atoms with van der Waals surface area (Å²) < 4.78 is 0. The van der Waals surface area contributed by atoms with Crippen molar-refractivity contribution in [2.45, 2.75) is 12.5 Å². The maximum atomic E-state index is 6.23. The topological polar surface area (TPSA) is 32.3 Å². The summed E-state index contributed by atoms with van der Waals surface area (Å²) in [4.78, 5) is 13.2. The van der Waals surface area contributed by atoms with Crippen LogP contribution in [0.25, 0.3) is 11.0 Å². The number of nitrogens with zero attached hydrogens (tertiary/aromatic N) is 4. The maximum Gasteiger partial charge on any atom is 0.162 e. The molecule has 20 heavy (non-hydrogen) atoms. The minimum atomic E-state index is 0.372. The summed E-state index contributed by atoms with van der Waals surface area (Å²) in [6, 6.07) is 4.29. The molecule has 1 aliphatic heterocycles. The van der Waals surface area contributed by atoms with Gasteiger partial charge < -0.3 is 9.80 Å². The van der Waals surface area contributed by atoms with E-state index >= 15 is 0 Å². The summed E-state index contributed by atoms with van der Waals surface area (Å²) in [5, 5.41) is 1.82. The molecule has 6 heteroatoms. The number of rotatable bonds is 2. The van der Waals surface area contributed by atoms with Gasteiger partial charge in [0.1, 0.15) is 5.15 Å². The summed E-state index contributed by atoms with van der Waals surface area (Å²) in [6.07, 6.45) is 3.01. The van der Waals surface area contributed by atoms with Crippen molar-refractivity contribution in [2.75, 3.05) is 32.1 Å². The van der Waals surface area contributed by atoms with Crippen LogP contribution in [0.1, 0.15) is 6.42 Å².